The number of hydrogen-bond donors (Lipinski definition) is 0. The molecule has 0 atom stereocenters. The molecule has 0 unspecified atom stereocenters. The smallest absolute Gasteiger partial charge is 0.137 e. The van der Waals surface area contributed by atoms with Crippen molar-refractivity contribution < 1.29 is 13.0 Å². The maximum absolute atomic E-state index is 9.21. The van der Waals surface area contributed by atoms with Crippen LogP contribution in [0.15, 0.2) is 182 Å². The van der Waals surface area contributed by atoms with Gasteiger partial charge in [-0.15, -0.1) is 0 Å². The molecule has 5 aromatic heterocycles. The van der Waals surface area contributed by atoms with Crippen LogP contribution < -0.4 is 14.5 Å². The molecular formula is C59H47N7O. The van der Waals surface area contributed by atoms with Gasteiger partial charge in [0, 0.05) is 101 Å². The van der Waals surface area contributed by atoms with E-state index in [1.165, 1.54) is 14.7 Å². The van der Waals surface area contributed by atoms with E-state index in [1.807, 2.05) is 164 Å². The summed E-state index contributed by atoms with van der Waals surface area (Å²) >= 11 is 0. The summed E-state index contributed by atoms with van der Waals surface area (Å²) in [4.78, 5) is 13.6. The fraction of sp³-hybridized carbons (Fsp3) is 0.119. The molecule has 12 aromatic rings. The molecule has 6 heterocycles. The molecule has 0 aliphatic carbocycles. The number of pyridine rings is 2. The number of nitrogens with zero attached hydrogens (tertiary/aromatic N) is 7. The molecule has 7 aromatic carbocycles. The SMILES string of the molecule is [2H]C([2H])([2H])n1c2ccccc2c2c(-c3ccccc3)c3c4ccccc4n(C([2H])([2H])[2H])c3c(N3CN(c4cccc(Oc5ccc6c7ccncc7n(-c7cc(C(C)(C)C)ccn7)c6c5)c4)c4ccccc43)c21. The summed E-state index contributed by atoms with van der Waals surface area (Å²) in [5, 5.41) is 5.06. The lowest BCUT2D eigenvalue weighted by Gasteiger charge is -2.26. The van der Waals surface area contributed by atoms with Crippen molar-refractivity contribution in [2.75, 3.05) is 16.5 Å². The fourth-order valence-corrected chi connectivity index (χ4v) is 10.5. The Morgan fingerprint density at radius 1 is 0.552 bits per heavy atom. The number of benzene rings is 7. The van der Waals surface area contributed by atoms with Crippen LogP contribution in [0.1, 0.15) is 34.6 Å². The molecule has 67 heavy (non-hydrogen) atoms. The number of hydrogen-bond acceptors (Lipinski definition) is 5. The van der Waals surface area contributed by atoms with Gasteiger partial charge in [-0.3, -0.25) is 9.55 Å². The molecule has 8 nitrogen and oxygen atoms in total. The molecule has 324 valence electrons. The Morgan fingerprint density at radius 3 is 1.93 bits per heavy atom. The second-order valence-electron chi connectivity index (χ2n) is 18.4. The molecule has 0 N–H and O–H groups in total. The van der Waals surface area contributed by atoms with Crippen LogP contribution in [0.2, 0.25) is 0 Å². The van der Waals surface area contributed by atoms with Crippen molar-refractivity contribution in [2.45, 2.75) is 26.2 Å². The van der Waals surface area contributed by atoms with Crippen LogP contribution in [0.5, 0.6) is 11.5 Å². The molecule has 0 amide bonds. The van der Waals surface area contributed by atoms with Gasteiger partial charge >= 0.3 is 0 Å². The molecule has 0 radical (unpaired) electrons. The standard InChI is InChI=1S/C59H47N7O/c1-59(2,3)38-28-31-61-52(32-38)66-50-34-41(26-27-42(50)43-29-30-60-35-51(43)66)67-40-19-15-18-39(33-40)64-36-65(49-25-14-13-24-48(49)64)58-56-54(44-20-9-11-22-46(44)62(56)4)53(37-16-7-6-8-17-37)55-45-21-10-12-23-47(45)63(5)57(55)58/h6-35H,36H2,1-5H3/i4D3,5D3. The van der Waals surface area contributed by atoms with Crippen LogP contribution in [-0.4, -0.2) is 30.3 Å². The van der Waals surface area contributed by atoms with Crippen molar-refractivity contribution in [2.24, 2.45) is 14.0 Å². The lowest BCUT2D eigenvalue weighted by atomic mass is 9.88. The van der Waals surface area contributed by atoms with E-state index in [2.05, 4.69) is 58.3 Å². The maximum atomic E-state index is 9.21. The zero-order valence-electron chi connectivity index (χ0n) is 43.1. The van der Waals surface area contributed by atoms with Gasteiger partial charge in [0.25, 0.3) is 0 Å². The van der Waals surface area contributed by atoms with Gasteiger partial charge < -0.3 is 23.7 Å². The molecule has 0 saturated heterocycles. The van der Waals surface area contributed by atoms with Crippen molar-refractivity contribution in [1.82, 2.24) is 23.7 Å². The van der Waals surface area contributed by atoms with E-state index in [9.17, 15) is 8.22 Å². The number of fused-ring (bicyclic) bond motifs is 10. The van der Waals surface area contributed by atoms with E-state index in [0.717, 1.165) is 77.4 Å². The predicted octanol–water partition coefficient (Wildman–Crippen LogP) is 14.9. The molecule has 0 bridgehead atoms. The lowest BCUT2D eigenvalue weighted by Crippen LogP contribution is -2.25. The number of aryl methyl sites for hydroxylation is 2. The summed E-state index contributed by atoms with van der Waals surface area (Å²) in [7, 11) is 0. The van der Waals surface area contributed by atoms with Crippen LogP contribution in [0.3, 0.4) is 0 Å². The zero-order valence-corrected chi connectivity index (χ0v) is 37.1. The van der Waals surface area contributed by atoms with E-state index in [4.69, 9.17) is 9.72 Å². The van der Waals surface area contributed by atoms with Crippen molar-refractivity contribution in [3.05, 3.63) is 188 Å². The fourth-order valence-electron chi connectivity index (χ4n) is 10.5. The Kier molecular flexibility index (Phi) is 7.22. The van der Waals surface area contributed by atoms with Gasteiger partial charge in [0.05, 0.1) is 45.3 Å². The Labute approximate surface area is 396 Å². The van der Waals surface area contributed by atoms with Crippen LogP contribution in [-0.2, 0) is 19.4 Å². The third-order valence-corrected chi connectivity index (χ3v) is 13.5. The molecular weight excluding hydrogens is 823 g/mol. The topological polar surface area (TPSA) is 56.3 Å². The number of para-hydroxylation sites is 4. The highest BCUT2D eigenvalue weighted by molar-refractivity contribution is 6.33. The van der Waals surface area contributed by atoms with E-state index in [-0.39, 0.29) is 12.1 Å². The van der Waals surface area contributed by atoms with E-state index >= 15 is 0 Å². The zero-order chi connectivity index (χ0) is 50.1. The normalized spacial score (nSPS) is 14.7. The average molecular weight is 876 g/mol. The van der Waals surface area contributed by atoms with Crippen molar-refractivity contribution in [3.63, 3.8) is 0 Å². The number of anilines is 4. The quantitative estimate of drug-likeness (QED) is 0.167. The average Bonchev–Trinajstić information content (AvgIpc) is 4.13. The number of aromatic nitrogens is 5. The summed E-state index contributed by atoms with van der Waals surface area (Å²) in [6.07, 6.45) is 5.55. The second kappa shape index (κ2) is 14.6. The Morgan fingerprint density at radius 2 is 1.21 bits per heavy atom. The summed E-state index contributed by atoms with van der Waals surface area (Å²) in [5.74, 6) is 2.03. The summed E-state index contributed by atoms with van der Waals surface area (Å²) < 4.78 is 67.0. The van der Waals surface area contributed by atoms with E-state index < -0.39 is 14.0 Å². The maximum Gasteiger partial charge on any atom is 0.137 e. The lowest BCUT2D eigenvalue weighted by molar-refractivity contribution is 0.483. The van der Waals surface area contributed by atoms with Gasteiger partial charge in [-0.2, -0.15) is 0 Å². The minimum atomic E-state index is -2.67. The third-order valence-electron chi connectivity index (χ3n) is 13.5. The Bertz CT molecular complexity index is 4090. The Hall–Kier alpha value is -8.36. The first-order valence-corrected chi connectivity index (χ1v) is 22.5. The van der Waals surface area contributed by atoms with Crippen LogP contribution in [0, 0.1) is 0 Å². The summed E-state index contributed by atoms with van der Waals surface area (Å²) in [6.45, 7) is 1.46. The van der Waals surface area contributed by atoms with Gasteiger partial charge in [0.1, 0.15) is 24.0 Å². The second-order valence-corrected chi connectivity index (χ2v) is 18.4. The van der Waals surface area contributed by atoms with Crippen molar-refractivity contribution in [1.29, 1.82) is 0 Å². The minimum Gasteiger partial charge on any atom is -0.457 e. The van der Waals surface area contributed by atoms with Gasteiger partial charge in [0.15, 0.2) is 0 Å². The van der Waals surface area contributed by atoms with Gasteiger partial charge in [0.2, 0.25) is 0 Å². The van der Waals surface area contributed by atoms with Crippen LogP contribution in [0.4, 0.5) is 22.7 Å². The monoisotopic (exact) mass is 875 g/mol. The molecule has 8 heteroatoms. The summed E-state index contributed by atoms with van der Waals surface area (Å²) in [6, 6.07) is 53.3. The molecule has 1 aliphatic rings. The molecule has 0 saturated carbocycles. The molecule has 1 aliphatic heterocycles. The first kappa shape index (κ1) is 33.2. The number of rotatable bonds is 6. The molecule has 0 fully saturated rings. The molecule has 0 spiro atoms. The highest BCUT2D eigenvalue weighted by Gasteiger charge is 2.34. The Balaban J connectivity index is 1.00. The van der Waals surface area contributed by atoms with Crippen LogP contribution in [0.25, 0.3) is 82.4 Å². The molecule has 13 rings (SSSR count). The van der Waals surface area contributed by atoms with Crippen LogP contribution >= 0.6 is 0 Å². The van der Waals surface area contributed by atoms with Gasteiger partial charge in [-0.05, 0) is 83.3 Å². The summed E-state index contributed by atoms with van der Waals surface area (Å²) in [5.41, 5.74) is 9.37. The predicted molar refractivity (Wildman–Crippen MR) is 277 cm³/mol. The van der Waals surface area contributed by atoms with Crippen molar-refractivity contribution >= 4 is 88.2 Å². The van der Waals surface area contributed by atoms with E-state index in [0.29, 0.717) is 39.3 Å². The van der Waals surface area contributed by atoms with E-state index in [1.54, 1.807) is 0 Å². The first-order valence-electron chi connectivity index (χ1n) is 25.5. The number of ether oxygens (including phenoxy) is 1. The van der Waals surface area contributed by atoms with Gasteiger partial charge in [-0.1, -0.05) is 106 Å². The van der Waals surface area contributed by atoms with Crippen molar-refractivity contribution in [3.8, 4) is 28.4 Å². The minimum absolute atomic E-state index is 0.0815. The van der Waals surface area contributed by atoms with Gasteiger partial charge in [-0.25, -0.2) is 4.98 Å². The third kappa shape index (κ3) is 5.85. The highest BCUT2D eigenvalue weighted by Crippen LogP contribution is 2.54. The first-order chi connectivity index (χ1) is 35.1. The largest absolute Gasteiger partial charge is 0.457 e. The highest BCUT2D eigenvalue weighted by atomic mass is 16.5.